The molecule has 0 saturated carbocycles. The fourth-order valence-electron chi connectivity index (χ4n) is 2.42. The van der Waals surface area contributed by atoms with E-state index in [9.17, 15) is 4.79 Å². The van der Waals surface area contributed by atoms with E-state index in [1.54, 1.807) is 0 Å². The number of para-hydroxylation sites is 1. The minimum Gasteiger partial charge on any atom is -0.314 e. The molecule has 0 aliphatic carbocycles. The van der Waals surface area contributed by atoms with Gasteiger partial charge in [0.15, 0.2) is 6.29 Å². The number of rotatable bonds is 4. The molecule has 98 valence electrons. The predicted octanol–water partition coefficient (Wildman–Crippen LogP) is 3.88. The number of aromatic nitrogens is 1. The Balaban J connectivity index is 2.03. The molecule has 0 amide bonds. The molecule has 0 fully saturated rings. The van der Waals surface area contributed by atoms with Gasteiger partial charge in [-0.2, -0.15) is 0 Å². The van der Waals surface area contributed by atoms with Gasteiger partial charge in [-0.3, -0.25) is 4.79 Å². The maximum absolute atomic E-state index is 11.1. The van der Waals surface area contributed by atoms with Crippen LogP contribution in [0.1, 0.15) is 21.6 Å². The van der Waals surface area contributed by atoms with Gasteiger partial charge < -0.3 is 4.57 Å². The van der Waals surface area contributed by atoms with E-state index in [2.05, 4.69) is 18.2 Å². The van der Waals surface area contributed by atoms with Crippen molar-refractivity contribution < 1.29 is 4.79 Å². The van der Waals surface area contributed by atoms with Gasteiger partial charge in [-0.05, 0) is 35.7 Å². The average molecular weight is 261 g/mol. The van der Waals surface area contributed by atoms with Crippen LogP contribution in [0.4, 0.5) is 0 Å². The van der Waals surface area contributed by atoms with Gasteiger partial charge >= 0.3 is 0 Å². The summed E-state index contributed by atoms with van der Waals surface area (Å²) in [6, 6.07) is 22.3. The molecule has 2 nitrogen and oxygen atoms in total. The van der Waals surface area contributed by atoms with Crippen LogP contribution in [0.15, 0.2) is 72.9 Å². The molecule has 3 rings (SSSR count). The lowest BCUT2D eigenvalue weighted by Gasteiger charge is -2.12. The predicted molar refractivity (Wildman–Crippen MR) is 80.4 cm³/mol. The van der Waals surface area contributed by atoms with Crippen LogP contribution in [0, 0.1) is 0 Å². The van der Waals surface area contributed by atoms with Gasteiger partial charge in [-0.15, -0.1) is 0 Å². The minimum atomic E-state index is 0.672. The summed E-state index contributed by atoms with van der Waals surface area (Å²) in [5.41, 5.74) is 4.20. The van der Waals surface area contributed by atoms with Crippen LogP contribution in [0.2, 0.25) is 0 Å². The van der Waals surface area contributed by atoms with Crippen molar-refractivity contribution in [3.05, 3.63) is 89.7 Å². The highest BCUT2D eigenvalue weighted by Gasteiger charge is 2.07. The molecule has 1 aromatic heterocycles. The van der Waals surface area contributed by atoms with E-state index in [4.69, 9.17) is 0 Å². The van der Waals surface area contributed by atoms with E-state index >= 15 is 0 Å². The maximum Gasteiger partial charge on any atom is 0.166 e. The lowest BCUT2D eigenvalue weighted by atomic mass is 10.0. The lowest BCUT2D eigenvalue weighted by molar-refractivity contribution is 0.111. The standard InChI is InChI=1S/C18H15NO/c20-14-17-10-6-12-19(17)18-11-5-4-9-16(18)13-15-7-2-1-3-8-15/h1-12,14H,13H2. The van der Waals surface area contributed by atoms with E-state index in [0.717, 1.165) is 18.4 Å². The van der Waals surface area contributed by atoms with Crippen LogP contribution in [-0.4, -0.2) is 10.9 Å². The highest BCUT2D eigenvalue weighted by atomic mass is 16.1. The highest BCUT2D eigenvalue weighted by Crippen LogP contribution is 2.20. The topological polar surface area (TPSA) is 22.0 Å². The summed E-state index contributed by atoms with van der Waals surface area (Å²) in [4.78, 5) is 11.1. The van der Waals surface area contributed by atoms with Gasteiger partial charge in [0.1, 0.15) is 0 Å². The summed E-state index contributed by atoms with van der Waals surface area (Å²) >= 11 is 0. The summed E-state index contributed by atoms with van der Waals surface area (Å²) in [6.07, 6.45) is 3.67. The third kappa shape index (κ3) is 2.41. The average Bonchev–Trinajstić information content (AvgIpc) is 2.97. The monoisotopic (exact) mass is 261 g/mol. The van der Waals surface area contributed by atoms with Crippen molar-refractivity contribution in [2.75, 3.05) is 0 Å². The number of carbonyl (C=O) groups is 1. The zero-order valence-electron chi connectivity index (χ0n) is 11.1. The van der Waals surface area contributed by atoms with E-state index in [1.165, 1.54) is 11.1 Å². The Morgan fingerprint density at radius 1 is 0.850 bits per heavy atom. The molecule has 2 aromatic carbocycles. The first-order chi connectivity index (χ1) is 9.88. The van der Waals surface area contributed by atoms with Crippen LogP contribution in [-0.2, 0) is 6.42 Å². The van der Waals surface area contributed by atoms with Gasteiger partial charge in [0.05, 0.1) is 5.69 Å². The van der Waals surface area contributed by atoms with Crippen molar-refractivity contribution in [2.45, 2.75) is 6.42 Å². The van der Waals surface area contributed by atoms with Crippen LogP contribution in [0.3, 0.4) is 0 Å². The minimum absolute atomic E-state index is 0.672. The molecule has 0 radical (unpaired) electrons. The van der Waals surface area contributed by atoms with Crippen molar-refractivity contribution in [2.24, 2.45) is 0 Å². The first-order valence-electron chi connectivity index (χ1n) is 6.63. The molecule has 0 saturated heterocycles. The Kier molecular flexibility index (Phi) is 3.46. The van der Waals surface area contributed by atoms with Gasteiger partial charge in [-0.25, -0.2) is 0 Å². The number of carbonyl (C=O) groups excluding carboxylic acids is 1. The van der Waals surface area contributed by atoms with Gasteiger partial charge in [0, 0.05) is 11.9 Å². The molecule has 3 aromatic rings. The summed E-state index contributed by atoms with van der Waals surface area (Å²) in [5.74, 6) is 0. The van der Waals surface area contributed by atoms with Crippen molar-refractivity contribution in [3.63, 3.8) is 0 Å². The molecule has 20 heavy (non-hydrogen) atoms. The van der Waals surface area contributed by atoms with Crippen LogP contribution in [0.25, 0.3) is 5.69 Å². The Bertz CT molecular complexity index is 713. The second-order valence-electron chi connectivity index (χ2n) is 4.71. The lowest BCUT2D eigenvalue weighted by Crippen LogP contribution is -2.02. The quantitative estimate of drug-likeness (QED) is 0.653. The third-order valence-corrected chi connectivity index (χ3v) is 3.39. The highest BCUT2D eigenvalue weighted by molar-refractivity contribution is 5.74. The zero-order valence-corrected chi connectivity index (χ0v) is 11.1. The molecule has 0 atom stereocenters. The fraction of sp³-hybridized carbons (Fsp3) is 0.0556. The molecular formula is C18H15NO. The molecule has 0 bridgehead atoms. The van der Waals surface area contributed by atoms with Crippen molar-refractivity contribution in [1.29, 1.82) is 0 Å². The largest absolute Gasteiger partial charge is 0.314 e. The molecule has 1 heterocycles. The van der Waals surface area contributed by atoms with Gasteiger partial charge in [-0.1, -0.05) is 48.5 Å². The number of benzene rings is 2. The smallest absolute Gasteiger partial charge is 0.166 e. The van der Waals surface area contributed by atoms with Crippen LogP contribution < -0.4 is 0 Å². The van der Waals surface area contributed by atoms with E-state index in [0.29, 0.717) is 5.69 Å². The Labute approximate surface area is 118 Å². The second-order valence-corrected chi connectivity index (χ2v) is 4.71. The molecule has 0 spiro atoms. The second kappa shape index (κ2) is 5.57. The molecule has 0 aliphatic rings. The Morgan fingerprint density at radius 2 is 1.60 bits per heavy atom. The fourth-order valence-corrected chi connectivity index (χ4v) is 2.42. The number of hydrogen-bond acceptors (Lipinski definition) is 1. The van der Waals surface area contributed by atoms with Crippen LogP contribution >= 0.6 is 0 Å². The van der Waals surface area contributed by atoms with Gasteiger partial charge in [0.2, 0.25) is 0 Å². The summed E-state index contributed by atoms with van der Waals surface area (Å²) in [5, 5.41) is 0. The third-order valence-electron chi connectivity index (χ3n) is 3.39. The van der Waals surface area contributed by atoms with Crippen molar-refractivity contribution in [1.82, 2.24) is 4.57 Å². The summed E-state index contributed by atoms with van der Waals surface area (Å²) in [6.45, 7) is 0. The zero-order chi connectivity index (χ0) is 13.8. The molecule has 0 aliphatic heterocycles. The van der Waals surface area contributed by atoms with Crippen molar-refractivity contribution in [3.8, 4) is 5.69 Å². The van der Waals surface area contributed by atoms with E-state index in [1.807, 2.05) is 59.3 Å². The van der Waals surface area contributed by atoms with Crippen LogP contribution in [0.5, 0.6) is 0 Å². The van der Waals surface area contributed by atoms with E-state index < -0.39 is 0 Å². The molecule has 0 N–H and O–H groups in total. The van der Waals surface area contributed by atoms with Gasteiger partial charge in [0.25, 0.3) is 0 Å². The van der Waals surface area contributed by atoms with Crippen molar-refractivity contribution >= 4 is 6.29 Å². The number of hydrogen-bond donors (Lipinski definition) is 0. The SMILES string of the molecule is O=Cc1cccn1-c1ccccc1Cc1ccccc1. The Morgan fingerprint density at radius 3 is 2.40 bits per heavy atom. The summed E-state index contributed by atoms with van der Waals surface area (Å²) < 4.78 is 1.94. The molecule has 0 unspecified atom stereocenters. The first-order valence-corrected chi connectivity index (χ1v) is 6.63. The summed E-state index contributed by atoms with van der Waals surface area (Å²) in [7, 11) is 0. The Hall–Kier alpha value is -2.61. The van der Waals surface area contributed by atoms with E-state index in [-0.39, 0.29) is 0 Å². The maximum atomic E-state index is 11.1. The molecular weight excluding hydrogens is 246 g/mol. The number of nitrogens with zero attached hydrogens (tertiary/aromatic N) is 1. The number of aldehydes is 1. The normalized spacial score (nSPS) is 10.4. The molecule has 2 heteroatoms. The first kappa shape index (κ1) is 12.4.